The third kappa shape index (κ3) is 5.12. The summed E-state index contributed by atoms with van der Waals surface area (Å²) in [6, 6.07) is 71.7. The van der Waals surface area contributed by atoms with Crippen molar-refractivity contribution in [3.05, 3.63) is 261 Å². The molecule has 0 nitrogen and oxygen atoms in total. The van der Waals surface area contributed by atoms with Gasteiger partial charge in [0.2, 0.25) is 0 Å². The van der Waals surface area contributed by atoms with Gasteiger partial charge in [-0.3, -0.25) is 0 Å². The molecule has 0 saturated heterocycles. The van der Waals surface area contributed by atoms with Gasteiger partial charge < -0.3 is 0 Å². The highest BCUT2D eigenvalue weighted by Crippen LogP contribution is 2.57. The lowest BCUT2D eigenvalue weighted by molar-refractivity contribution is 0.767. The van der Waals surface area contributed by atoms with Crippen molar-refractivity contribution in [1.29, 1.82) is 0 Å². The van der Waals surface area contributed by atoms with Crippen LogP contribution in [0.5, 0.6) is 0 Å². The molecule has 0 N–H and O–H groups in total. The zero-order valence-electron chi connectivity index (χ0n) is 31.5. The second-order valence-electron chi connectivity index (χ2n) is 15.2. The van der Waals surface area contributed by atoms with Crippen LogP contribution in [0, 0.1) is 27.7 Å². The molecule has 0 fully saturated rings. The summed E-state index contributed by atoms with van der Waals surface area (Å²) in [5.74, 6) is 0. The van der Waals surface area contributed by atoms with Crippen LogP contribution in [0.15, 0.2) is 194 Å². The van der Waals surface area contributed by atoms with Gasteiger partial charge in [-0.05, 0) is 94.5 Å². The van der Waals surface area contributed by atoms with Gasteiger partial charge in [-0.1, -0.05) is 216 Å². The third-order valence-electron chi connectivity index (χ3n) is 11.8. The molecule has 0 heterocycles. The van der Waals surface area contributed by atoms with Crippen LogP contribution in [0.4, 0.5) is 0 Å². The minimum Gasteiger partial charge on any atom is -0.0622 e. The molecule has 0 bridgehead atoms. The lowest BCUT2D eigenvalue weighted by Crippen LogP contribution is -2.28. The number of benzene rings is 8. The molecular formula is C54H44. The normalized spacial score (nSPS) is 15.6. The van der Waals surface area contributed by atoms with Crippen molar-refractivity contribution in [2.24, 2.45) is 0 Å². The highest BCUT2D eigenvalue weighted by molar-refractivity contribution is 5.87. The molecule has 1 atom stereocenters. The third-order valence-corrected chi connectivity index (χ3v) is 11.8. The van der Waals surface area contributed by atoms with Crippen LogP contribution in [-0.2, 0) is 10.8 Å². The number of rotatable bonds is 4. The molecule has 2 aliphatic rings. The van der Waals surface area contributed by atoms with Gasteiger partial charge in [0.15, 0.2) is 0 Å². The lowest BCUT2D eigenvalue weighted by Gasteiger charge is -2.34. The summed E-state index contributed by atoms with van der Waals surface area (Å²) < 4.78 is 0. The van der Waals surface area contributed by atoms with Gasteiger partial charge in [-0.15, -0.1) is 0 Å². The first kappa shape index (κ1) is 33.6. The second kappa shape index (κ2) is 13.3. The van der Waals surface area contributed by atoms with Crippen LogP contribution in [-0.4, -0.2) is 0 Å². The molecule has 260 valence electrons. The van der Waals surface area contributed by atoms with E-state index in [1.54, 1.807) is 0 Å². The van der Waals surface area contributed by atoms with Crippen molar-refractivity contribution >= 4 is 0 Å². The second-order valence-corrected chi connectivity index (χ2v) is 15.2. The minimum atomic E-state index is -0.271. The molecule has 10 rings (SSSR count). The Morgan fingerprint density at radius 3 is 1.11 bits per heavy atom. The van der Waals surface area contributed by atoms with Crippen LogP contribution in [0.25, 0.3) is 22.3 Å². The van der Waals surface area contributed by atoms with Gasteiger partial charge in [0.25, 0.3) is 0 Å². The van der Waals surface area contributed by atoms with Gasteiger partial charge in [0.1, 0.15) is 0 Å². The molecule has 0 aromatic heterocycles. The molecule has 0 saturated carbocycles. The van der Waals surface area contributed by atoms with Crippen molar-refractivity contribution in [2.45, 2.75) is 38.5 Å². The smallest absolute Gasteiger partial charge is 0.0622 e. The highest BCUT2D eigenvalue weighted by Gasteiger charge is 2.47. The van der Waals surface area contributed by atoms with Crippen molar-refractivity contribution < 1.29 is 0 Å². The fourth-order valence-electron chi connectivity index (χ4n) is 9.38. The summed E-state index contributed by atoms with van der Waals surface area (Å²) in [7, 11) is 0. The van der Waals surface area contributed by atoms with Gasteiger partial charge in [0.05, 0.1) is 10.8 Å². The van der Waals surface area contributed by atoms with E-state index < -0.39 is 0 Å². The van der Waals surface area contributed by atoms with E-state index in [1.165, 1.54) is 89.0 Å². The SMILES string of the molecule is Cc1ccc(C2(c3cccc(C)c3)c3ccccc3-c3ccccc32)cc1.Cc1ccc(C2(c3ccccc3)c3ccccc3-c3ccc(C)cc32)cc1. The Balaban J connectivity index is 0.000000142. The minimum absolute atomic E-state index is 0.271. The highest BCUT2D eigenvalue weighted by atomic mass is 14.5. The van der Waals surface area contributed by atoms with Crippen LogP contribution in [0.1, 0.15) is 66.8 Å². The monoisotopic (exact) mass is 692 g/mol. The van der Waals surface area contributed by atoms with E-state index in [2.05, 4.69) is 222 Å². The Morgan fingerprint density at radius 2 is 0.611 bits per heavy atom. The topological polar surface area (TPSA) is 0 Å². The Kier molecular flexibility index (Phi) is 8.28. The van der Waals surface area contributed by atoms with E-state index in [0.29, 0.717) is 0 Å². The number of fused-ring (bicyclic) bond motifs is 6. The summed E-state index contributed by atoms with van der Waals surface area (Å²) >= 11 is 0. The van der Waals surface area contributed by atoms with E-state index in [9.17, 15) is 0 Å². The predicted octanol–water partition coefficient (Wildman–Crippen LogP) is 13.3. The molecule has 8 aromatic carbocycles. The van der Waals surface area contributed by atoms with E-state index >= 15 is 0 Å². The summed E-state index contributed by atoms with van der Waals surface area (Å²) in [5, 5.41) is 0. The molecular weight excluding hydrogens is 649 g/mol. The molecule has 0 spiro atoms. The standard InChI is InChI=1S/2C27H22/c1-19-14-16-21(17-15-19)27(22-9-7-8-20(2)18-22)25-12-5-3-10-23(25)24-11-4-6-13-26(24)27;1-19-12-15-22(16-13-19)27(21-8-4-3-5-9-21)25-11-7-6-10-23(25)24-17-14-20(2)18-26(24)27/h2*3-18H,1-2H3. The predicted molar refractivity (Wildman–Crippen MR) is 226 cm³/mol. The molecule has 0 heteroatoms. The maximum atomic E-state index is 2.38. The van der Waals surface area contributed by atoms with E-state index in [0.717, 1.165) is 0 Å². The first-order chi connectivity index (χ1) is 26.4. The lowest BCUT2D eigenvalue weighted by atomic mass is 9.67. The maximum Gasteiger partial charge on any atom is 0.0713 e. The Morgan fingerprint density at radius 1 is 0.241 bits per heavy atom. The summed E-state index contributed by atoms with van der Waals surface area (Å²) in [4.78, 5) is 0. The number of hydrogen-bond donors (Lipinski definition) is 0. The van der Waals surface area contributed by atoms with E-state index in [4.69, 9.17) is 0 Å². The van der Waals surface area contributed by atoms with Gasteiger partial charge in [-0.25, -0.2) is 0 Å². The maximum absolute atomic E-state index is 2.38. The molecule has 8 aromatic rings. The summed E-state index contributed by atoms with van der Waals surface area (Å²) in [6.45, 7) is 8.67. The van der Waals surface area contributed by atoms with Crippen LogP contribution in [0.2, 0.25) is 0 Å². The van der Waals surface area contributed by atoms with Crippen molar-refractivity contribution in [2.75, 3.05) is 0 Å². The quantitative estimate of drug-likeness (QED) is 0.172. The first-order valence-electron chi connectivity index (χ1n) is 19.1. The van der Waals surface area contributed by atoms with Crippen LogP contribution >= 0.6 is 0 Å². The largest absolute Gasteiger partial charge is 0.0713 e. The first-order valence-corrected chi connectivity index (χ1v) is 19.1. The van der Waals surface area contributed by atoms with Crippen molar-refractivity contribution in [1.82, 2.24) is 0 Å². The fourth-order valence-corrected chi connectivity index (χ4v) is 9.38. The molecule has 0 amide bonds. The summed E-state index contributed by atoms with van der Waals surface area (Å²) in [6.07, 6.45) is 0. The average molecular weight is 693 g/mol. The average Bonchev–Trinajstić information content (AvgIpc) is 3.67. The number of aryl methyl sites for hydroxylation is 4. The zero-order chi connectivity index (χ0) is 36.9. The van der Waals surface area contributed by atoms with Crippen molar-refractivity contribution in [3.63, 3.8) is 0 Å². The van der Waals surface area contributed by atoms with Crippen molar-refractivity contribution in [3.8, 4) is 22.3 Å². The number of hydrogen-bond acceptors (Lipinski definition) is 0. The molecule has 0 aliphatic heterocycles. The molecule has 54 heavy (non-hydrogen) atoms. The molecule has 0 radical (unpaired) electrons. The fraction of sp³-hybridized carbons (Fsp3) is 0.111. The zero-order valence-corrected chi connectivity index (χ0v) is 31.5. The van der Waals surface area contributed by atoms with Crippen LogP contribution in [0.3, 0.4) is 0 Å². The van der Waals surface area contributed by atoms with E-state index in [1.807, 2.05) is 0 Å². The van der Waals surface area contributed by atoms with Gasteiger partial charge in [-0.2, -0.15) is 0 Å². The Labute approximate surface area is 320 Å². The van der Waals surface area contributed by atoms with E-state index in [-0.39, 0.29) is 10.8 Å². The van der Waals surface area contributed by atoms with Crippen LogP contribution < -0.4 is 0 Å². The summed E-state index contributed by atoms with van der Waals surface area (Å²) in [5.41, 5.74) is 20.8. The Hall–Kier alpha value is -6.24. The van der Waals surface area contributed by atoms with Gasteiger partial charge in [0, 0.05) is 0 Å². The molecule has 1 unspecified atom stereocenters. The molecule has 2 aliphatic carbocycles. The van der Waals surface area contributed by atoms with Gasteiger partial charge >= 0.3 is 0 Å². The Bertz CT molecular complexity index is 2520.